The maximum Gasteiger partial charge on any atom is 0.176 e. The van der Waals surface area contributed by atoms with Gasteiger partial charge in [0.05, 0.1) is 6.54 Å². The molecule has 144 valence electrons. The van der Waals surface area contributed by atoms with E-state index in [1.807, 2.05) is 24.3 Å². The van der Waals surface area contributed by atoms with Gasteiger partial charge in [0.25, 0.3) is 0 Å². The number of phenols is 1. The van der Waals surface area contributed by atoms with E-state index in [0.29, 0.717) is 17.1 Å². The van der Waals surface area contributed by atoms with Crippen LogP contribution in [0.15, 0.2) is 60.2 Å². The zero-order valence-corrected chi connectivity index (χ0v) is 17.0. The van der Waals surface area contributed by atoms with Crippen LogP contribution in [0.4, 0.5) is 0 Å². The Morgan fingerprint density at radius 3 is 2.75 bits per heavy atom. The highest BCUT2D eigenvalue weighted by atomic mass is 35.5. The molecule has 0 aliphatic carbocycles. The molecule has 1 N–H and O–H groups in total. The number of ketones is 1. The first-order valence-corrected chi connectivity index (χ1v) is 9.72. The van der Waals surface area contributed by atoms with Crippen molar-refractivity contribution in [2.75, 3.05) is 19.6 Å². The van der Waals surface area contributed by atoms with Gasteiger partial charge in [-0.3, -0.25) is 9.69 Å². The highest BCUT2D eigenvalue weighted by Crippen LogP contribution is 2.34. The Hall–Kier alpha value is -2.54. The average Bonchev–Trinajstić information content (AvgIpc) is 2.63. The molecular weight excluding hydrogens is 370 g/mol. The van der Waals surface area contributed by atoms with Gasteiger partial charge in [0.1, 0.15) is 5.75 Å². The molecular formula is C24H24ClNO2. The third kappa shape index (κ3) is 5.25. The second-order valence-corrected chi connectivity index (χ2v) is 8.20. The van der Waals surface area contributed by atoms with Crippen LogP contribution >= 0.6 is 11.6 Å². The fourth-order valence-electron chi connectivity index (χ4n) is 3.51. The molecule has 2 aromatic carbocycles. The number of rotatable bonds is 3. The highest BCUT2D eigenvalue weighted by molar-refractivity contribution is 6.31. The van der Waals surface area contributed by atoms with Crippen LogP contribution < -0.4 is 0 Å². The number of benzene rings is 2. The van der Waals surface area contributed by atoms with E-state index >= 15 is 0 Å². The van der Waals surface area contributed by atoms with Gasteiger partial charge < -0.3 is 5.11 Å². The first-order valence-electron chi connectivity index (χ1n) is 9.35. The fourth-order valence-corrected chi connectivity index (χ4v) is 3.70. The number of aromatic hydroxyl groups is 1. The molecule has 0 unspecified atom stereocenters. The van der Waals surface area contributed by atoms with Crippen molar-refractivity contribution in [2.24, 2.45) is 5.41 Å². The Bertz CT molecular complexity index is 966. The van der Waals surface area contributed by atoms with Gasteiger partial charge in [-0.1, -0.05) is 61.1 Å². The number of halogens is 1. The molecule has 3 nitrogen and oxygen atoms in total. The summed E-state index contributed by atoms with van der Waals surface area (Å²) >= 11 is 6.00. The topological polar surface area (TPSA) is 40.5 Å². The minimum atomic E-state index is -0.0552. The second kappa shape index (κ2) is 8.65. The smallest absolute Gasteiger partial charge is 0.176 e. The summed E-state index contributed by atoms with van der Waals surface area (Å²) < 4.78 is 0. The van der Waals surface area contributed by atoms with E-state index < -0.39 is 0 Å². The summed E-state index contributed by atoms with van der Waals surface area (Å²) in [6.07, 6.45) is 2.87. The Morgan fingerprint density at radius 2 is 2.04 bits per heavy atom. The maximum absolute atomic E-state index is 12.6. The van der Waals surface area contributed by atoms with Crippen molar-refractivity contribution in [3.8, 4) is 17.6 Å². The number of piperidine rings is 1. The van der Waals surface area contributed by atoms with Crippen molar-refractivity contribution in [3.05, 3.63) is 76.3 Å². The minimum Gasteiger partial charge on any atom is -0.508 e. The summed E-state index contributed by atoms with van der Waals surface area (Å²) in [5.41, 5.74) is 2.68. The molecule has 0 bridgehead atoms. The monoisotopic (exact) mass is 393 g/mol. The first-order chi connectivity index (χ1) is 13.3. The van der Waals surface area contributed by atoms with Crippen LogP contribution in [0.3, 0.4) is 0 Å². The molecule has 0 aromatic heterocycles. The number of hydrogen-bond acceptors (Lipinski definition) is 3. The molecule has 1 heterocycles. The van der Waals surface area contributed by atoms with Crippen molar-refractivity contribution in [2.45, 2.75) is 20.3 Å². The predicted octanol–water partition coefficient (Wildman–Crippen LogP) is 4.94. The van der Waals surface area contributed by atoms with Gasteiger partial charge in [-0.15, -0.1) is 0 Å². The summed E-state index contributed by atoms with van der Waals surface area (Å²) in [4.78, 5) is 14.8. The third-order valence-electron chi connectivity index (χ3n) is 5.01. The molecule has 1 aliphatic heterocycles. The second-order valence-electron chi connectivity index (χ2n) is 7.77. The molecule has 4 heteroatoms. The molecule has 2 aromatic rings. The number of hydrogen-bond donors (Lipinski definition) is 1. The quantitative estimate of drug-likeness (QED) is 0.593. The van der Waals surface area contributed by atoms with Gasteiger partial charge in [0.2, 0.25) is 0 Å². The third-order valence-corrected chi connectivity index (χ3v) is 5.24. The zero-order valence-electron chi connectivity index (χ0n) is 16.2. The number of nitrogens with zero attached hydrogens (tertiary/aromatic N) is 1. The van der Waals surface area contributed by atoms with Gasteiger partial charge in [0, 0.05) is 29.2 Å². The molecule has 28 heavy (non-hydrogen) atoms. The number of carbonyl (C=O) groups excluding carboxylic acids is 1. The molecule has 3 rings (SSSR count). The van der Waals surface area contributed by atoms with E-state index in [0.717, 1.165) is 25.1 Å². The minimum absolute atomic E-state index is 0.0552. The Kier molecular flexibility index (Phi) is 6.24. The number of phenolic OH excluding ortho intramolecular Hbond substituents is 1. The Morgan fingerprint density at radius 1 is 1.25 bits per heavy atom. The number of Topliss-reactive ketones (excluding diaryl/α,β-unsaturated/α-hetero) is 1. The standard InChI is InChI=1S/C24H24ClNO2/c1-24(2)17-26(16-23(28)19-8-5-10-21(25)15-19)13-12-20(24)9-3-6-18-7-4-11-22(27)14-18/h4-5,7-11,14-15,27H,12-13,16-17H2,1-2H3/b20-9+. The van der Waals surface area contributed by atoms with E-state index in [2.05, 4.69) is 30.6 Å². The van der Waals surface area contributed by atoms with Gasteiger partial charge in [-0.05, 0) is 48.2 Å². The highest BCUT2D eigenvalue weighted by Gasteiger charge is 2.31. The fraction of sp³-hybridized carbons (Fsp3) is 0.292. The van der Waals surface area contributed by atoms with Crippen molar-refractivity contribution in [1.29, 1.82) is 0 Å². The molecule has 0 radical (unpaired) electrons. The normalized spacial score (nSPS) is 17.8. The van der Waals surface area contributed by atoms with Crippen LogP contribution in [-0.4, -0.2) is 35.4 Å². The summed E-state index contributed by atoms with van der Waals surface area (Å²) in [5, 5.41) is 10.1. The number of likely N-dealkylation sites (tertiary alicyclic amines) is 1. The van der Waals surface area contributed by atoms with Gasteiger partial charge in [-0.2, -0.15) is 0 Å². The van der Waals surface area contributed by atoms with Gasteiger partial charge >= 0.3 is 0 Å². The van der Waals surface area contributed by atoms with E-state index in [1.165, 1.54) is 5.57 Å². The number of carbonyl (C=O) groups is 1. The van der Waals surface area contributed by atoms with Crippen LogP contribution in [0, 0.1) is 17.3 Å². The maximum atomic E-state index is 12.6. The molecule has 0 amide bonds. The summed E-state index contributed by atoms with van der Waals surface area (Å²) in [6, 6.07) is 14.1. The lowest BCUT2D eigenvalue weighted by molar-refractivity contribution is 0.0880. The van der Waals surface area contributed by atoms with Crippen LogP contribution in [0.5, 0.6) is 5.75 Å². The average molecular weight is 394 g/mol. The van der Waals surface area contributed by atoms with Crippen LogP contribution in [0.1, 0.15) is 36.2 Å². The Labute approximate surface area is 171 Å². The van der Waals surface area contributed by atoms with Crippen LogP contribution in [-0.2, 0) is 0 Å². The molecule has 0 spiro atoms. The van der Waals surface area contributed by atoms with Crippen molar-refractivity contribution in [3.63, 3.8) is 0 Å². The van der Waals surface area contributed by atoms with Crippen molar-refractivity contribution in [1.82, 2.24) is 4.90 Å². The van der Waals surface area contributed by atoms with E-state index in [9.17, 15) is 9.90 Å². The van der Waals surface area contributed by atoms with Crippen LogP contribution in [0.2, 0.25) is 5.02 Å². The lowest BCUT2D eigenvalue weighted by Crippen LogP contribution is -2.43. The molecule has 1 fully saturated rings. The number of allylic oxidation sites excluding steroid dienone is 1. The predicted molar refractivity (Wildman–Crippen MR) is 114 cm³/mol. The first kappa shape index (κ1) is 20.2. The molecule has 0 saturated carbocycles. The molecule has 0 atom stereocenters. The van der Waals surface area contributed by atoms with E-state index in [4.69, 9.17) is 11.6 Å². The zero-order chi connectivity index (χ0) is 20.1. The summed E-state index contributed by atoms with van der Waals surface area (Å²) in [6.45, 7) is 6.40. The lowest BCUT2D eigenvalue weighted by Gasteiger charge is -2.39. The Balaban J connectivity index is 1.65. The SMILES string of the molecule is CC1(C)CN(CC(=O)c2cccc(Cl)c2)CC/C1=C\C#Cc1cccc(O)c1. The van der Waals surface area contributed by atoms with E-state index in [-0.39, 0.29) is 16.9 Å². The largest absolute Gasteiger partial charge is 0.508 e. The molecule has 1 aliphatic rings. The lowest BCUT2D eigenvalue weighted by atomic mass is 9.78. The summed E-state index contributed by atoms with van der Waals surface area (Å²) in [5.74, 6) is 6.50. The van der Waals surface area contributed by atoms with Gasteiger partial charge in [-0.25, -0.2) is 0 Å². The van der Waals surface area contributed by atoms with Gasteiger partial charge in [0.15, 0.2) is 5.78 Å². The van der Waals surface area contributed by atoms with Crippen LogP contribution in [0.25, 0.3) is 0 Å². The molecule has 1 saturated heterocycles. The van der Waals surface area contributed by atoms with E-state index in [1.54, 1.807) is 30.3 Å². The van der Waals surface area contributed by atoms with Crippen molar-refractivity contribution >= 4 is 17.4 Å². The summed E-state index contributed by atoms with van der Waals surface area (Å²) in [7, 11) is 0. The van der Waals surface area contributed by atoms with Crippen molar-refractivity contribution < 1.29 is 9.90 Å².